The van der Waals surface area contributed by atoms with E-state index >= 15 is 0 Å². The predicted octanol–water partition coefficient (Wildman–Crippen LogP) is 6.08. The molecule has 1 fully saturated rings. The third kappa shape index (κ3) is 4.08. The fraction of sp³-hybridized carbons (Fsp3) is 0.233. The van der Waals surface area contributed by atoms with Crippen molar-refractivity contribution in [2.24, 2.45) is 0 Å². The number of tetrazole rings is 1. The minimum atomic E-state index is 0.590. The Hall–Kier alpha value is -4.59. The molecular formula is C30H28N8. The van der Waals surface area contributed by atoms with Gasteiger partial charge in [0.05, 0.1) is 11.0 Å². The molecule has 0 saturated heterocycles. The van der Waals surface area contributed by atoms with Crippen LogP contribution in [0.3, 0.4) is 0 Å². The highest BCUT2D eigenvalue weighted by molar-refractivity contribution is 5.82. The van der Waals surface area contributed by atoms with Crippen LogP contribution in [0, 0.1) is 0 Å². The average molecular weight is 501 g/mol. The number of benzene rings is 3. The number of fused-ring (bicyclic) bond motifs is 1. The molecule has 0 aliphatic heterocycles. The average Bonchev–Trinajstić information content (AvgIpc) is 3.32. The van der Waals surface area contributed by atoms with Crippen molar-refractivity contribution in [3.63, 3.8) is 0 Å². The van der Waals surface area contributed by atoms with Gasteiger partial charge < -0.3 is 9.13 Å². The van der Waals surface area contributed by atoms with Gasteiger partial charge in [0.2, 0.25) is 0 Å². The maximum Gasteiger partial charge on any atom is 0.180 e. The monoisotopic (exact) mass is 500 g/mol. The van der Waals surface area contributed by atoms with Crippen molar-refractivity contribution in [1.82, 2.24) is 39.7 Å². The SMILES string of the molecule is CCCc1nc2ccc(-c3nccn3C3CC3)cc2n1Cc1ccc(-c2ccccc2-c2nnn[nH]2)cc1. The summed E-state index contributed by atoms with van der Waals surface area (Å²) in [5.74, 6) is 2.83. The largest absolute Gasteiger partial charge is 0.328 e. The summed E-state index contributed by atoms with van der Waals surface area (Å²) in [5, 5.41) is 14.5. The summed E-state index contributed by atoms with van der Waals surface area (Å²) < 4.78 is 4.69. The van der Waals surface area contributed by atoms with E-state index in [0.29, 0.717) is 11.9 Å². The highest BCUT2D eigenvalue weighted by Gasteiger charge is 2.26. The quantitative estimate of drug-likeness (QED) is 0.273. The van der Waals surface area contributed by atoms with Crippen molar-refractivity contribution in [1.29, 1.82) is 0 Å². The summed E-state index contributed by atoms with van der Waals surface area (Å²) in [6, 6.07) is 24.1. The molecule has 188 valence electrons. The zero-order valence-electron chi connectivity index (χ0n) is 21.2. The summed E-state index contributed by atoms with van der Waals surface area (Å²) in [4.78, 5) is 9.70. The standard InChI is InChI=1S/C30H28N8/c1-2-5-28-32-26-15-12-22(30-31-16-17-37(30)23-13-14-23)18-27(26)38(28)19-20-8-10-21(11-9-20)24-6-3-4-7-25(24)29-33-35-36-34-29/h3-4,6-12,15-18,23H,2,5,13-14,19H2,1H3,(H,33,34,35,36). The van der Waals surface area contributed by atoms with E-state index in [1.165, 1.54) is 18.4 Å². The Morgan fingerprint density at radius 1 is 0.947 bits per heavy atom. The lowest BCUT2D eigenvalue weighted by molar-refractivity contribution is 0.721. The van der Waals surface area contributed by atoms with Gasteiger partial charge >= 0.3 is 0 Å². The molecule has 38 heavy (non-hydrogen) atoms. The van der Waals surface area contributed by atoms with E-state index in [1.807, 2.05) is 24.4 Å². The molecule has 0 atom stereocenters. The number of aromatic nitrogens is 8. The van der Waals surface area contributed by atoms with Gasteiger partial charge in [-0.15, -0.1) is 5.10 Å². The van der Waals surface area contributed by atoms with Gasteiger partial charge in [-0.05, 0) is 64.6 Å². The maximum atomic E-state index is 5.01. The molecule has 1 aliphatic carbocycles. The number of aromatic amines is 1. The van der Waals surface area contributed by atoms with Gasteiger partial charge in [-0.2, -0.15) is 0 Å². The summed E-state index contributed by atoms with van der Waals surface area (Å²) in [5.41, 5.74) is 7.76. The molecule has 0 radical (unpaired) electrons. The molecular weight excluding hydrogens is 472 g/mol. The zero-order valence-corrected chi connectivity index (χ0v) is 21.2. The number of H-pyrrole nitrogens is 1. The summed E-state index contributed by atoms with van der Waals surface area (Å²) in [6.45, 7) is 2.97. The van der Waals surface area contributed by atoms with Gasteiger partial charge in [-0.1, -0.05) is 55.5 Å². The van der Waals surface area contributed by atoms with E-state index < -0.39 is 0 Å². The topological polar surface area (TPSA) is 90.1 Å². The van der Waals surface area contributed by atoms with Gasteiger partial charge in [0.25, 0.3) is 0 Å². The van der Waals surface area contributed by atoms with Gasteiger partial charge in [0.15, 0.2) is 5.82 Å². The van der Waals surface area contributed by atoms with Crippen LogP contribution in [0.1, 0.15) is 43.6 Å². The number of rotatable bonds is 8. The highest BCUT2D eigenvalue weighted by atomic mass is 15.5. The number of nitrogens with zero attached hydrogens (tertiary/aromatic N) is 7. The molecule has 0 spiro atoms. The van der Waals surface area contributed by atoms with E-state index in [0.717, 1.165) is 64.3 Å². The smallest absolute Gasteiger partial charge is 0.180 e. The van der Waals surface area contributed by atoms with E-state index in [-0.39, 0.29) is 0 Å². The van der Waals surface area contributed by atoms with Gasteiger partial charge in [0, 0.05) is 42.5 Å². The van der Waals surface area contributed by atoms with Crippen molar-refractivity contribution < 1.29 is 0 Å². The van der Waals surface area contributed by atoms with Gasteiger partial charge in [-0.25, -0.2) is 15.1 Å². The van der Waals surface area contributed by atoms with E-state index in [2.05, 4.69) is 91.4 Å². The molecule has 1 aliphatic rings. The van der Waals surface area contributed by atoms with Crippen LogP contribution in [-0.4, -0.2) is 39.7 Å². The van der Waals surface area contributed by atoms with Crippen molar-refractivity contribution in [2.45, 2.75) is 45.2 Å². The molecule has 8 heteroatoms. The van der Waals surface area contributed by atoms with Crippen molar-refractivity contribution in [3.05, 3.63) is 90.5 Å². The molecule has 0 unspecified atom stereocenters. The number of imidazole rings is 2. The van der Waals surface area contributed by atoms with Crippen LogP contribution in [0.5, 0.6) is 0 Å². The van der Waals surface area contributed by atoms with Crippen molar-refractivity contribution in [2.75, 3.05) is 0 Å². The van der Waals surface area contributed by atoms with E-state index in [4.69, 9.17) is 9.97 Å². The molecule has 6 aromatic rings. The van der Waals surface area contributed by atoms with Crippen LogP contribution in [0.25, 0.3) is 44.9 Å². The first-order valence-electron chi connectivity index (χ1n) is 13.2. The Bertz CT molecular complexity index is 1710. The molecule has 7 rings (SSSR count). The number of hydrogen-bond acceptors (Lipinski definition) is 5. The Kier molecular flexibility index (Phi) is 5.57. The number of aryl methyl sites for hydroxylation is 1. The maximum absolute atomic E-state index is 5.01. The van der Waals surface area contributed by atoms with Crippen LogP contribution in [0.2, 0.25) is 0 Å². The van der Waals surface area contributed by atoms with Crippen LogP contribution in [0.15, 0.2) is 79.1 Å². The zero-order chi connectivity index (χ0) is 25.5. The highest BCUT2D eigenvalue weighted by Crippen LogP contribution is 2.38. The Morgan fingerprint density at radius 3 is 2.53 bits per heavy atom. The molecule has 8 nitrogen and oxygen atoms in total. The second-order valence-electron chi connectivity index (χ2n) is 9.95. The first kappa shape index (κ1) is 22.6. The molecule has 3 aromatic heterocycles. The Labute approximate surface area is 220 Å². The number of hydrogen-bond donors (Lipinski definition) is 1. The third-order valence-corrected chi connectivity index (χ3v) is 7.30. The lowest BCUT2D eigenvalue weighted by Crippen LogP contribution is -2.05. The van der Waals surface area contributed by atoms with Crippen LogP contribution < -0.4 is 0 Å². The van der Waals surface area contributed by atoms with Crippen molar-refractivity contribution in [3.8, 4) is 33.9 Å². The minimum Gasteiger partial charge on any atom is -0.328 e. The first-order valence-corrected chi connectivity index (χ1v) is 13.2. The Balaban J connectivity index is 1.24. The molecule has 0 bridgehead atoms. The van der Waals surface area contributed by atoms with Gasteiger partial charge in [0.1, 0.15) is 11.6 Å². The molecule has 3 heterocycles. The van der Waals surface area contributed by atoms with E-state index in [9.17, 15) is 0 Å². The fourth-order valence-corrected chi connectivity index (χ4v) is 5.27. The Morgan fingerprint density at radius 2 is 1.76 bits per heavy atom. The summed E-state index contributed by atoms with van der Waals surface area (Å²) >= 11 is 0. The molecule has 1 N–H and O–H groups in total. The minimum absolute atomic E-state index is 0.590. The molecule has 3 aromatic carbocycles. The lowest BCUT2D eigenvalue weighted by atomic mass is 9.98. The molecule has 1 saturated carbocycles. The van der Waals surface area contributed by atoms with E-state index in [1.54, 1.807) is 0 Å². The third-order valence-electron chi connectivity index (χ3n) is 7.30. The lowest BCUT2D eigenvalue weighted by Gasteiger charge is -2.12. The molecule has 0 amide bonds. The second-order valence-corrected chi connectivity index (χ2v) is 9.95. The summed E-state index contributed by atoms with van der Waals surface area (Å²) in [7, 11) is 0. The number of nitrogens with one attached hydrogen (secondary N) is 1. The van der Waals surface area contributed by atoms with Crippen LogP contribution in [0.4, 0.5) is 0 Å². The van der Waals surface area contributed by atoms with Gasteiger partial charge in [-0.3, -0.25) is 0 Å². The van der Waals surface area contributed by atoms with Crippen LogP contribution >= 0.6 is 0 Å². The predicted molar refractivity (Wildman–Crippen MR) is 147 cm³/mol. The second kappa shape index (κ2) is 9.37. The van der Waals surface area contributed by atoms with Crippen molar-refractivity contribution >= 4 is 11.0 Å². The fourth-order valence-electron chi connectivity index (χ4n) is 5.27. The first-order chi connectivity index (χ1) is 18.8. The van der Waals surface area contributed by atoms with Crippen LogP contribution in [-0.2, 0) is 13.0 Å². The summed E-state index contributed by atoms with van der Waals surface area (Å²) in [6.07, 6.45) is 8.48. The normalized spacial score (nSPS) is 13.4.